The van der Waals surface area contributed by atoms with E-state index in [0.717, 1.165) is 24.3 Å². The Morgan fingerprint density at radius 1 is 1.31 bits per heavy atom. The summed E-state index contributed by atoms with van der Waals surface area (Å²) in [4.78, 5) is 20.0. The lowest BCUT2D eigenvalue weighted by atomic mass is 10.1. The number of aliphatic imine (C=N–C) groups is 1. The average Bonchev–Trinajstić information content (AvgIpc) is 3.17. The molecule has 0 bridgehead atoms. The third kappa shape index (κ3) is 6.60. The molecular formula is C21H29IN4O2S. The first-order valence-corrected chi connectivity index (χ1v) is 10.4. The van der Waals surface area contributed by atoms with Crippen molar-refractivity contribution in [1.82, 2.24) is 15.5 Å². The second kappa shape index (κ2) is 11.4. The molecule has 158 valence electrons. The molecule has 0 fully saturated rings. The zero-order valence-corrected chi connectivity index (χ0v) is 20.3. The number of rotatable bonds is 6. The van der Waals surface area contributed by atoms with Gasteiger partial charge in [-0.1, -0.05) is 18.2 Å². The number of para-hydroxylation sites is 1. The van der Waals surface area contributed by atoms with Gasteiger partial charge in [0, 0.05) is 25.0 Å². The summed E-state index contributed by atoms with van der Waals surface area (Å²) in [6.45, 7) is 6.33. The van der Waals surface area contributed by atoms with Crippen LogP contribution >= 0.6 is 35.3 Å². The molecule has 1 amide bonds. The molecule has 2 N–H and O–H groups in total. The molecule has 0 aliphatic carbocycles. The number of guanidine groups is 1. The molecular weight excluding hydrogens is 499 g/mol. The summed E-state index contributed by atoms with van der Waals surface area (Å²) in [5.41, 5.74) is 2.38. The Morgan fingerprint density at radius 2 is 2.10 bits per heavy atom. The van der Waals surface area contributed by atoms with E-state index < -0.39 is 0 Å². The molecule has 6 nitrogen and oxygen atoms in total. The highest BCUT2D eigenvalue weighted by Gasteiger charge is 2.21. The Hall–Kier alpha value is -1.81. The van der Waals surface area contributed by atoms with Crippen molar-refractivity contribution in [3.05, 3.63) is 51.7 Å². The van der Waals surface area contributed by atoms with Gasteiger partial charge in [0.25, 0.3) is 0 Å². The summed E-state index contributed by atoms with van der Waals surface area (Å²) in [6.07, 6.45) is 0.911. The predicted octanol–water partition coefficient (Wildman–Crippen LogP) is 3.19. The second-order valence-electron chi connectivity index (χ2n) is 6.93. The van der Waals surface area contributed by atoms with Gasteiger partial charge in [0.05, 0.1) is 13.1 Å². The third-order valence-corrected chi connectivity index (χ3v) is 5.79. The Bertz CT molecular complexity index is 840. The van der Waals surface area contributed by atoms with E-state index in [9.17, 15) is 4.79 Å². The molecule has 0 saturated carbocycles. The number of nitrogens with zero attached hydrogens (tertiary/aromatic N) is 2. The van der Waals surface area contributed by atoms with Gasteiger partial charge in [-0.25, -0.2) is 0 Å². The van der Waals surface area contributed by atoms with Crippen LogP contribution in [-0.2, 0) is 17.8 Å². The maximum absolute atomic E-state index is 12.5. The van der Waals surface area contributed by atoms with Crippen molar-refractivity contribution in [2.75, 3.05) is 26.7 Å². The molecule has 0 radical (unpaired) electrons. The van der Waals surface area contributed by atoms with Gasteiger partial charge in [-0.05, 0) is 48.9 Å². The van der Waals surface area contributed by atoms with Crippen LogP contribution in [0.25, 0.3) is 0 Å². The summed E-state index contributed by atoms with van der Waals surface area (Å²) in [7, 11) is 1.70. The van der Waals surface area contributed by atoms with Gasteiger partial charge in [0.2, 0.25) is 5.91 Å². The van der Waals surface area contributed by atoms with Crippen LogP contribution in [0, 0.1) is 6.92 Å². The summed E-state index contributed by atoms with van der Waals surface area (Å²) in [5, 5.41) is 8.43. The van der Waals surface area contributed by atoms with E-state index in [1.54, 1.807) is 18.4 Å². The highest BCUT2D eigenvalue weighted by molar-refractivity contribution is 14.0. The fourth-order valence-electron chi connectivity index (χ4n) is 3.14. The van der Waals surface area contributed by atoms with Gasteiger partial charge in [0.15, 0.2) is 5.96 Å². The molecule has 2 heterocycles. The topological polar surface area (TPSA) is 66.0 Å². The maximum atomic E-state index is 12.5. The Labute approximate surface area is 193 Å². The van der Waals surface area contributed by atoms with Crippen LogP contribution < -0.4 is 15.4 Å². The average molecular weight is 528 g/mol. The summed E-state index contributed by atoms with van der Waals surface area (Å²) in [6, 6.07) is 10.1. The number of thiophene rings is 1. The summed E-state index contributed by atoms with van der Waals surface area (Å²) in [5.74, 6) is 1.57. The first kappa shape index (κ1) is 23.5. The van der Waals surface area contributed by atoms with Gasteiger partial charge in [-0.2, -0.15) is 0 Å². The van der Waals surface area contributed by atoms with Crippen molar-refractivity contribution in [3.8, 4) is 5.75 Å². The summed E-state index contributed by atoms with van der Waals surface area (Å²) < 4.78 is 5.97. The molecule has 1 aromatic carbocycles. The van der Waals surface area contributed by atoms with Crippen LogP contribution in [0.15, 0.2) is 40.7 Å². The number of carbonyl (C=O) groups is 1. The number of aryl methyl sites for hydroxylation is 1. The molecule has 1 aliphatic heterocycles. The lowest BCUT2D eigenvalue weighted by Crippen LogP contribution is -2.47. The standard InChI is InChI=1S/C21H28N4O2S.HI/c1-15-6-4-5-7-18(15)27-16(2)12-23-21(22-3)24-13-20(26)25-10-8-19-17(14-25)9-11-28-19;/h4-7,9,11,16H,8,10,12-14H2,1-3H3,(H2,22,23,24);1H. The lowest BCUT2D eigenvalue weighted by Gasteiger charge is -2.27. The minimum absolute atomic E-state index is 0. The van der Waals surface area contributed by atoms with Crippen LogP contribution in [0.3, 0.4) is 0 Å². The van der Waals surface area contributed by atoms with Crippen molar-refractivity contribution >= 4 is 47.2 Å². The molecule has 0 spiro atoms. The summed E-state index contributed by atoms with van der Waals surface area (Å²) >= 11 is 1.78. The number of benzene rings is 1. The van der Waals surface area contributed by atoms with Crippen molar-refractivity contribution in [3.63, 3.8) is 0 Å². The Kier molecular flexibility index (Phi) is 9.22. The number of hydrogen-bond acceptors (Lipinski definition) is 4. The molecule has 3 rings (SSSR count). The number of fused-ring (bicyclic) bond motifs is 1. The fraction of sp³-hybridized carbons (Fsp3) is 0.429. The van der Waals surface area contributed by atoms with E-state index in [-0.39, 0.29) is 42.5 Å². The number of hydrogen-bond donors (Lipinski definition) is 2. The van der Waals surface area contributed by atoms with Crippen LogP contribution in [0.2, 0.25) is 0 Å². The minimum Gasteiger partial charge on any atom is -0.489 e. The number of amides is 1. The van der Waals surface area contributed by atoms with E-state index in [4.69, 9.17) is 4.74 Å². The first-order chi connectivity index (χ1) is 13.6. The SMILES string of the molecule is CN=C(NCC(=O)N1CCc2sccc2C1)NCC(C)Oc1ccccc1C.I. The van der Waals surface area contributed by atoms with E-state index >= 15 is 0 Å². The van der Waals surface area contributed by atoms with E-state index in [2.05, 4.69) is 27.1 Å². The van der Waals surface area contributed by atoms with Gasteiger partial charge >= 0.3 is 0 Å². The maximum Gasteiger partial charge on any atom is 0.242 e. The molecule has 1 aliphatic rings. The number of carbonyl (C=O) groups excluding carboxylic acids is 1. The third-order valence-electron chi connectivity index (χ3n) is 4.77. The van der Waals surface area contributed by atoms with Crippen LogP contribution in [0.5, 0.6) is 5.75 Å². The quantitative estimate of drug-likeness (QED) is 0.344. The van der Waals surface area contributed by atoms with E-state index in [0.29, 0.717) is 19.0 Å². The van der Waals surface area contributed by atoms with Crippen LogP contribution in [-0.4, -0.2) is 49.6 Å². The van der Waals surface area contributed by atoms with Crippen molar-refractivity contribution < 1.29 is 9.53 Å². The monoisotopic (exact) mass is 528 g/mol. The molecule has 2 aromatic rings. The van der Waals surface area contributed by atoms with Crippen molar-refractivity contribution in [1.29, 1.82) is 0 Å². The largest absolute Gasteiger partial charge is 0.489 e. The van der Waals surface area contributed by atoms with E-state index in [1.807, 2.05) is 43.0 Å². The Morgan fingerprint density at radius 3 is 2.86 bits per heavy atom. The normalized spacial score (nSPS) is 14.4. The highest BCUT2D eigenvalue weighted by Crippen LogP contribution is 2.23. The van der Waals surface area contributed by atoms with Crippen molar-refractivity contribution in [2.24, 2.45) is 4.99 Å². The fourth-order valence-corrected chi connectivity index (χ4v) is 4.03. The predicted molar refractivity (Wildman–Crippen MR) is 129 cm³/mol. The molecule has 29 heavy (non-hydrogen) atoms. The van der Waals surface area contributed by atoms with Gasteiger partial charge in [0.1, 0.15) is 11.9 Å². The minimum atomic E-state index is -0.0329. The first-order valence-electron chi connectivity index (χ1n) is 9.56. The number of nitrogens with one attached hydrogen (secondary N) is 2. The zero-order valence-electron chi connectivity index (χ0n) is 17.1. The van der Waals surface area contributed by atoms with Crippen LogP contribution in [0.4, 0.5) is 0 Å². The molecule has 1 unspecified atom stereocenters. The van der Waals surface area contributed by atoms with Gasteiger partial charge < -0.3 is 20.3 Å². The molecule has 1 atom stereocenters. The smallest absolute Gasteiger partial charge is 0.242 e. The van der Waals surface area contributed by atoms with Gasteiger partial charge in [-0.15, -0.1) is 35.3 Å². The second-order valence-corrected chi connectivity index (χ2v) is 7.94. The lowest BCUT2D eigenvalue weighted by molar-refractivity contribution is -0.130. The van der Waals surface area contributed by atoms with Crippen molar-refractivity contribution in [2.45, 2.75) is 32.9 Å². The molecule has 8 heteroatoms. The number of halogens is 1. The van der Waals surface area contributed by atoms with E-state index in [1.165, 1.54) is 10.4 Å². The van der Waals surface area contributed by atoms with Crippen LogP contribution in [0.1, 0.15) is 22.9 Å². The Balaban J connectivity index is 0.00000300. The molecule has 1 aromatic heterocycles. The highest BCUT2D eigenvalue weighted by atomic mass is 127. The number of ether oxygens (including phenoxy) is 1. The zero-order chi connectivity index (χ0) is 19.9. The van der Waals surface area contributed by atoms with Gasteiger partial charge in [-0.3, -0.25) is 9.79 Å². The molecule has 0 saturated heterocycles.